The molecule has 0 aliphatic heterocycles. The maximum Gasteiger partial charge on any atom is 0.270 e. The molecule has 0 aromatic carbocycles. The third kappa shape index (κ3) is 3.05. The predicted octanol–water partition coefficient (Wildman–Crippen LogP) is 1.06. The van der Waals surface area contributed by atoms with Gasteiger partial charge in [0, 0.05) is 12.7 Å². The molecule has 0 saturated carbocycles. The van der Waals surface area contributed by atoms with Crippen LogP contribution in [0.4, 0.5) is 0 Å². The van der Waals surface area contributed by atoms with Gasteiger partial charge in [0.15, 0.2) is 0 Å². The number of aromatic nitrogens is 1. The summed E-state index contributed by atoms with van der Waals surface area (Å²) in [5.74, 6) is -0.0639. The number of carbonyl (C=O) groups is 1. The number of pyridine rings is 1. The van der Waals surface area contributed by atoms with Crippen LogP contribution in [-0.2, 0) is 0 Å². The fourth-order valence-electron chi connectivity index (χ4n) is 1.35. The quantitative estimate of drug-likeness (QED) is 0.830. The second-order valence-corrected chi connectivity index (χ2v) is 4.77. The lowest BCUT2D eigenvalue weighted by atomic mass is 9.88. The lowest BCUT2D eigenvalue weighted by Crippen LogP contribution is -2.55. The minimum Gasteiger partial charge on any atom is -0.344 e. The van der Waals surface area contributed by atoms with E-state index in [1.54, 1.807) is 6.07 Å². The molecule has 96 valence electrons. The largest absolute Gasteiger partial charge is 0.344 e. The van der Waals surface area contributed by atoms with Crippen LogP contribution in [0.2, 0.25) is 0 Å². The van der Waals surface area contributed by atoms with E-state index in [0.29, 0.717) is 12.1 Å². The van der Waals surface area contributed by atoms with Crippen LogP contribution in [0, 0.1) is 17.2 Å². The maximum atomic E-state index is 12.0. The van der Waals surface area contributed by atoms with E-state index in [4.69, 9.17) is 11.0 Å². The zero-order chi connectivity index (χ0) is 13.8. The summed E-state index contributed by atoms with van der Waals surface area (Å²) in [6.07, 6.45) is 1.38. The zero-order valence-corrected chi connectivity index (χ0v) is 10.9. The number of nitrogens with zero attached hydrogens (tertiary/aromatic N) is 2. The van der Waals surface area contributed by atoms with E-state index in [9.17, 15) is 4.79 Å². The van der Waals surface area contributed by atoms with Crippen LogP contribution in [-0.4, -0.2) is 23.0 Å². The van der Waals surface area contributed by atoms with Gasteiger partial charge in [-0.2, -0.15) is 5.26 Å². The number of hydrogen-bond acceptors (Lipinski definition) is 4. The summed E-state index contributed by atoms with van der Waals surface area (Å²) >= 11 is 0. The van der Waals surface area contributed by atoms with Gasteiger partial charge in [0.2, 0.25) is 0 Å². The molecular weight excluding hydrogens is 228 g/mol. The smallest absolute Gasteiger partial charge is 0.270 e. The standard InChI is InChI=1S/C13H18N4O/c1-9(2)13(3,8-15)17-12(18)11-5-4-10(6-14)7-16-11/h4-5,7,9H,8,15H2,1-3H3,(H,17,18). The second-order valence-electron chi connectivity index (χ2n) is 4.77. The van der Waals surface area contributed by atoms with Crippen LogP contribution in [0.3, 0.4) is 0 Å². The molecule has 0 spiro atoms. The third-order valence-electron chi connectivity index (χ3n) is 3.22. The van der Waals surface area contributed by atoms with Crippen LogP contribution >= 0.6 is 0 Å². The Hall–Kier alpha value is -1.93. The molecule has 1 heterocycles. The summed E-state index contributed by atoms with van der Waals surface area (Å²) < 4.78 is 0. The van der Waals surface area contributed by atoms with Crippen molar-refractivity contribution < 1.29 is 4.79 Å². The van der Waals surface area contributed by atoms with E-state index >= 15 is 0 Å². The van der Waals surface area contributed by atoms with E-state index in [0.717, 1.165) is 0 Å². The summed E-state index contributed by atoms with van der Waals surface area (Å²) in [6.45, 7) is 6.25. The van der Waals surface area contributed by atoms with E-state index < -0.39 is 5.54 Å². The SMILES string of the molecule is CC(C)C(C)(CN)NC(=O)c1ccc(C#N)cn1. The number of nitrogens with two attached hydrogens (primary N) is 1. The molecule has 1 aromatic heterocycles. The number of nitrogens with one attached hydrogen (secondary N) is 1. The van der Waals surface area contributed by atoms with Crippen molar-refractivity contribution in [3.05, 3.63) is 29.6 Å². The monoisotopic (exact) mass is 246 g/mol. The van der Waals surface area contributed by atoms with Crippen molar-refractivity contribution in [2.75, 3.05) is 6.54 Å². The van der Waals surface area contributed by atoms with Crippen molar-refractivity contribution >= 4 is 5.91 Å². The van der Waals surface area contributed by atoms with Crippen molar-refractivity contribution in [2.24, 2.45) is 11.7 Å². The Bertz CT molecular complexity index is 461. The van der Waals surface area contributed by atoms with Gasteiger partial charge in [-0.25, -0.2) is 4.98 Å². The fourth-order valence-corrected chi connectivity index (χ4v) is 1.35. The lowest BCUT2D eigenvalue weighted by molar-refractivity contribution is 0.0878. The van der Waals surface area contributed by atoms with Gasteiger partial charge in [0.25, 0.3) is 5.91 Å². The van der Waals surface area contributed by atoms with E-state index in [1.165, 1.54) is 12.3 Å². The van der Waals surface area contributed by atoms with Crippen molar-refractivity contribution in [3.8, 4) is 6.07 Å². The molecule has 0 radical (unpaired) electrons. The molecule has 5 heteroatoms. The minimum atomic E-state index is -0.466. The van der Waals surface area contributed by atoms with Crippen molar-refractivity contribution in [1.82, 2.24) is 10.3 Å². The Morgan fingerprint density at radius 3 is 2.67 bits per heavy atom. The molecular formula is C13H18N4O. The summed E-state index contributed by atoms with van der Waals surface area (Å²) in [6, 6.07) is 5.06. The van der Waals surface area contributed by atoms with Crippen LogP contribution in [0.25, 0.3) is 0 Å². The molecule has 5 nitrogen and oxygen atoms in total. The third-order valence-corrected chi connectivity index (χ3v) is 3.22. The molecule has 0 saturated heterocycles. The number of nitriles is 1. The van der Waals surface area contributed by atoms with Crippen molar-refractivity contribution in [3.63, 3.8) is 0 Å². The molecule has 0 fully saturated rings. The van der Waals surface area contributed by atoms with Gasteiger partial charge in [-0.1, -0.05) is 13.8 Å². The normalized spacial score (nSPS) is 13.8. The van der Waals surface area contributed by atoms with Crippen LogP contribution < -0.4 is 11.1 Å². The highest BCUT2D eigenvalue weighted by Crippen LogP contribution is 2.15. The van der Waals surface area contributed by atoms with Gasteiger partial charge in [0.1, 0.15) is 11.8 Å². The molecule has 1 rings (SSSR count). The first-order chi connectivity index (χ1) is 8.42. The Morgan fingerprint density at radius 2 is 2.28 bits per heavy atom. The van der Waals surface area contributed by atoms with Gasteiger partial charge >= 0.3 is 0 Å². The molecule has 1 unspecified atom stereocenters. The summed E-state index contributed by atoms with van der Waals surface area (Å²) in [5.41, 5.74) is 5.95. The van der Waals surface area contributed by atoms with Gasteiger partial charge < -0.3 is 11.1 Å². The lowest BCUT2D eigenvalue weighted by Gasteiger charge is -2.33. The molecule has 0 bridgehead atoms. The van der Waals surface area contributed by atoms with E-state index in [1.807, 2.05) is 26.8 Å². The van der Waals surface area contributed by atoms with Gasteiger partial charge in [0.05, 0.1) is 11.1 Å². The molecule has 18 heavy (non-hydrogen) atoms. The predicted molar refractivity (Wildman–Crippen MR) is 68.7 cm³/mol. The zero-order valence-electron chi connectivity index (χ0n) is 10.9. The topological polar surface area (TPSA) is 91.8 Å². The van der Waals surface area contributed by atoms with Gasteiger partial charge in [-0.05, 0) is 25.0 Å². The number of carbonyl (C=O) groups excluding carboxylic acids is 1. The maximum absolute atomic E-state index is 12.0. The Morgan fingerprint density at radius 1 is 1.61 bits per heavy atom. The average Bonchev–Trinajstić information content (AvgIpc) is 2.38. The van der Waals surface area contributed by atoms with Crippen LogP contribution in [0.15, 0.2) is 18.3 Å². The molecule has 1 atom stereocenters. The molecule has 1 amide bonds. The first-order valence-electron chi connectivity index (χ1n) is 5.81. The van der Waals surface area contributed by atoms with Crippen LogP contribution in [0.1, 0.15) is 36.8 Å². The Labute approximate surface area is 107 Å². The number of amides is 1. The van der Waals surface area contributed by atoms with Crippen molar-refractivity contribution in [1.29, 1.82) is 5.26 Å². The summed E-state index contributed by atoms with van der Waals surface area (Å²) in [5, 5.41) is 11.5. The highest BCUT2D eigenvalue weighted by Gasteiger charge is 2.29. The highest BCUT2D eigenvalue weighted by atomic mass is 16.2. The minimum absolute atomic E-state index is 0.213. The number of rotatable bonds is 4. The highest BCUT2D eigenvalue weighted by molar-refractivity contribution is 5.92. The first kappa shape index (κ1) is 14.1. The molecule has 1 aromatic rings. The first-order valence-corrected chi connectivity index (χ1v) is 5.81. The second kappa shape index (κ2) is 5.61. The van der Waals surface area contributed by atoms with Gasteiger partial charge in [-0.3, -0.25) is 4.79 Å². The van der Waals surface area contributed by atoms with Gasteiger partial charge in [-0.15, -0.1) is 0 Å². The van der Waals surface area contributed by atoms with Crippen molar-refractivity contribution in [2.45, 2.75) is 26.3 Å². The number of hydrogen-bond donors (Lipinski definition) is 2. The molecule has 3 N–H and O–H groups in total. The molecule has 0 aliphatic rings. The van der Waals surface area contributed by atoms with Crippen LogP contribution in [0.5, 0.6) is 0 Å². The summed E-state index contributed by atoms with van der Waals surface area (Å²) in [4.78, 5) is 16.0. The molecule has 0 aliphatic carbocycles. The summed E-state index contributed by atoms with van der Waals surface area (Å²) in [7, 11) is 0. The Kier molecular flexibility index (Phi) is 4.40. The van der Waals surface area contributed by atoms with E-state index in [2.05, 4.69) is 10.3 Å². The fraction of sp³-hybridized carbons (Fsp3) is 0.462. The van der Waals surface area contributed by atoms with E-state index in [-0.39, 0.29) is 17.5 Å². The Balaban J connectivity index is 2.85. The average molecular weight is 246 g/mol.